The van der Waals surface area contributed by atoms with Crippen LogP contribution >= 0.6 is 0 Å². The van der Waals surface area contributed by atoms with E-state index >= 15 is 0 Å². The molecule has 3 aliphatic rings. The van der Waals surface area contributed by atoms with Gasteiger partial charge in [-0.25, -0.2) is 53.9 Å². The summed E-state index contributed by atoms with van der Waals surface area (Å²) in [4.78, 5) is 127. The van der Waals surface area contributed by atoms with Crippen LogP contribution < -0.4 is 94.0 Å². The number of anilines is 4. The van der Waals surface area contributed by atoms with Gasteiger partial charge in [-0.3, -0.25) is 29.1 Å². The fourth-order valence-corrected chi connectivity index (χ4v) is 7.78. The van der Waals surface area contributed by atoms with Gasteiger partial charge in [-0.2, -0.15) is 0 Å². The van der Waals surface area contributed by atoms with E-state index in [-0.39, 0.29) is 105 Å². The molecule has 0 radical (unpaired) electrons. The van der Waals surface area contributed by atoms with E-state index in [0.717, 1.165) is 36.3 Å². The second-order valence-corrected chi connectivity index (χ2v) is 21.7. The molecule has 3 saturated heterocycles. The van der Waals surface area contributed by atoms with E-state index in [9.17, 15) is 58.1 Å². The van der Waals surface area contributed by atoms with Crippen LogP contribution in [0.3, 0.4) is 0 Å². The average Bonchev–Trinajstić information content (AvgIpc) is 3.51. The Morgan fingerprint density at radius 1 is 0.575 bits per heavy atom. The van der Waals surface area contributed by atoms with Crippen molar-refractivity contribution in [2.45, 2.75) is 117 Å². The summed E-state index contributed by atoms with van der Waals surface area (Å²) in [5, 5.41) is 32.3. The number of aldehydes is 3. The Labute approximate surface area is 540 Å². The minimum absolute atomic E-state index is 0. The Bertz CT molecular complexity index is 2760. The molecular formula is C54H74FLi3N16O13. The number of carboxylic acid groups (broad SMARTS) is 3. The van der Waals surface area contributed by atoms with Gasteiger partial charge in [0.15, 0.2) is 24.5 Å². The molecule has 0 spiro atoms. The predicted octanol–water partition coefficient (Wildman–Crippen LogP) is -9.04. The zero-order valence-corrected chi connectivity index (χ0v) is 51.4. The monoisotopic (exact) mass is 1190 g/mol. The van der Waals surface area contributed by atoms with Gasteiger partial charge in [0, 0.05) is 143 Å². The van der Waals surface area contributed by atoms with Crippen molar-refractivity contribution in [3.8, 4) is 0 Å². The van der Waals surface area contributed by atoms with Gasteiger partial charge in [-0.05, 0) is 106 Å². The predicted molar refractivity (Wildman–Crippen MR) is 295 cm³/mol. The third-order valence-electron chi connectivity index (χ3n) is 12.1. The number of carbonyl (C=O) groups excluding carboxylic acids is 8. The van der Waals surface area contributed by atoms with E-state index in [0.29, 0.717) is 94.3 Å². The summed E-state index contributed by atoms with van der Waals surface area (Å²) in [6.07, 6.45) is 16.0. The number of nitrogen functional groups attached to an aromatic ring is 3. The number of halogens is 1. The maximum absolute atomic E-state index is 13.7. The number of nitrogens with two attached hydrogens (primary N) is 3. The van der Waals surface area contributed by atoms with Gasteiger partial charge in [0.1, 0.15) is 11.2 Å². The molecule has 7 rings (SSSR count). The molecule has 0 unspecified atom stereocenters. The third-order valence-corrected chi connectivity index (χ3v) is 12.1. The van der Waals surface area contributed by atoms with Crippen LogP contribution in [0.4, 0.5) is 37.8 Å². The van der Waals surface area contributed by atoms with Crippen LogP contribution in [0.2, 0.25) is 0 Å². The van der Waals surface area contributed by atoms with Crippen molar-refractivity contribution in [3.63, 3.8) is 0 Å². The van der Waals surface area contributed by atoms with E-state index in [1.165, 1.54) is 31.0 Å². The van der Waals surface area contributed by atoms with Crippen molar-refractivity contribution in [2.24, 2.45) is 11.8 Å². The molecule has 4 aromatic rings. The fraction of sp³-hybridized carbons (Fsp3) is 0.519. The number of aliphatic carboxylic acids is 3. The molecule has 0 atom stereocenters. The number of carbonyl (C=O) groups is 8. The van der Waals surface area contributed by atoms with Gasteiger partial charge in [0.2, 0.25) is 23.8 Å². The number of piperidine rings is 3. The van der Waals surface area contributed by atoms with Crippen LogP contribution in [0.15, 0.2) is 61.3 Å². The zero-order valence-electron chi connectivity index (χ0n) is 51.4. The average molecular weight is 1200 g/mol. The second-order valence-electron chi connectivity index (χ2n) is 21.7. The third kappa shape index (κ3) is 31.0. The molecule has 3 aliphatic heterocycles. The van der Waals surface area contributed by atoms with Crippen molar-refractivity contribution in [3.05, 3.63) is 83.6 Å². The second kappa shape index (κ2) is 39.0. The number of aromatic nitrogens is 8. The maximum atomic E-state index is 13.7. The van der Waals surface area contributed by atoms with Gasteiger partial charge in [-0.1, -0.05) is 0 Å². The molecular weight excluding hydrogens is 1120 g/mol. The molecule has 0 bridgehead atoms. The topological polar surface area (TPSA) is 422 Å². The van der Waals surface area contributed by atoms with Crippen LogP contribution in [-0.4, -0.2) is 179 Å². The first-order chi connectivity index (χ1) is 39.4. The van der Waals surface area contributed by atoms with Crippen LogP contribution in [-0.2, 0) is 53.1 Å². The summed E-state index contributed by atoms with van der Waals surface area (Å²) >= 11 is 0. The van der Waals surface area contributed by atoms with Crippen LogP contribution in [0.1, 0.15) is 107 Å². The van der Waals surface area contributed by atoms with Gasteiger partial charge in [-0.15, -0.1) is 4.90 Å². The largest absolute Gasteiger partial charge is 1.00 e. The van der Waals surface area contributed by atoms with Crippen molar-refractivity contribution in [1.82, 2.24) is 59.5 Å². The Kier molecular flexibility index (Phi) is 35.9. The summed E-state index contributed by atoms with van der Waals surface area (Å²) in [7, 11) is 3.49. The quantitative estimate of drug-likeness (QED) is 0.0347. The van der Waals surface area contributed by atoms with E-state index in [1.54, 1.807) is 85.3 Å². The van der Waals surface area contributed by atoms with Crippen LogP contribution in [0.25, 0.3) is 0 Å². The number of allylic oxidation sites excluding steroid dienone is 1. The Morgan fingerprint density at radius 2 is 0.885 bits per heavy atom. The molecule has 87 heavy (non-hydrogen) atoms. The summed E-state index contributed by atoms with van der Waals surface area (Å²) in [6.45, 7) is 15.5. The molecule has 458 valence electrons. The summed E-state index contributed by atoms with van der Waals surface area (Å²) in [5.74, 6) is -3.75. The van der Waals surface area contributed by atoms with Gasteiger partial charge >= 0.3 is 68.8 Å². The Hall–Kier alpha value is -6.98. The van der Waals surface area contributed by atoms with Gasteiger partial charge in [0.05, 0.1) is 17.1 Å². The van der Waals surface area contributed by atoms with Crippen molar-refractivity contribution in [2.75, 3.05) is 75.5 Å². The maximum Gasteiger partial charge on any atom is 1.00 e. The van der Waals surface area contributed by atoms with Gasteiger partial charge < -0.3 is 61.3 Å². The molecule has 29 nitrogen and oxygen atoms in total. The zero-order chi connectivity index (χ0) is 62.8. The Morgan fingerprint density at radius 3 is 1.15 bits per heavy atom. The van der Waals surface area contributed by atoms with Crippen LogP contribution in [0, 0.1) is 11.8 Å². The number of imide groups is 1. The molecule has 2 amide bonds. The number of nitrogens with zero attached hydrogens (tertiary/aromatic N) is 13. The summed E-state index contributed by atoms with van der Waals surface area (Å²) in [6, 6.07) is 0. The van der Waals surface area contributed by atoms with E-state index in [4.69, 9.17) is 26.7 Å². The van der Waals surface area contributed by atoms with E-state index in [2.05, 4.69) is 49.7 Å². The number of carboxylic acids is 3. The first-order valence-electron chi connectivity index (χ1n) is 26.4. The molecule has 4 aromatic heterocycles. The SMILES string of the molecule is CC(C)(C)OC(=O)N(C(=O)OC(C)(C)C)c1ncc(CN2CCC(C(=O)[O-])CC2)cn1.CN(C)C=C(C=O)C=O.Nc1ncc(C=O)cn1.Nc1ncc(CN2CCC(C(=O)[O-])CC2)cn1.Nc1ncc(CN2CCC(F)(C(=O)[O-])CC2)cn1.[Li+].[Li+].[Li+]. The van der Waals surface area contributed by atoms with Crippen molar-refractivity contribution in [1.29, 1.82) is 0 Å². The number of hydrogen-bond acceptors (Lipinski definition) is 28. The number of amides is 2. The minimum Gasteiger partial charge on any atom is -0.550 e. The summed E-state index contributed by atoms with van der Waals surface area (Å²) < 4.78 is 24.4. The molecule has 3 fully saturated rings. The molecule has 0 aromatic carbocycles. The van der Waals surface area contributed by atoms with Crippen molar-refractivity contribution >= 4 is 72.7 Å². The molecule has 0 aliphatic carbocycles. The standard InChI is InChI=1S/C21H32N4O6.C11H15FN4O2.C11H16N4O2.C6H9NO2.C5H5N3O.3Li/c1-20(2,3)30-18(28)25(19(29)31-21(4,5)6)17-22-11-14(12-23-17)13-24-9-7-15(8-10-24)16(26)27;12-11(9(17)18)1-3-16(4-2-11)7-8-5-14-10(13)15-6-8;12-11-13-5-8(6-14-11)7-15-3-1-9(2-4-15)10(16)17;1-7(2)3-6(4-8)5-9;6-5-7-1-4(3-9)2-8-5;;;/h11-12,15H,7-10,13H2,1-6H3,(H,26,27);5-6H,1-4,7H2,(H,17,18)(H2,13,14,15);5-6,9H,1-4,7H2,(H,16,17)(H2,12,13,14);3-5H,1-2H3;1-3H,(H2,6,7,8);;;/q;;;;;3*+1/p-3. The normalized spacial score (nSPS) is 15.0. The number of ether oxygens (including phenoxy) is 2. The number of rotatable bonds is 14. The Balaban J connectivity index is 0.00000114. The number of likely N-dealkylation sites (tertiary alicyclic amines) is 3. The summed E-state index contributed by atoms with van der Waals surface area (Å²) in [5.41, 5.74) is 15.3. The van der Waals surface area contributed by atoms with Crippen LogP contribution in [0.5, 0.6) is 0 Å². The molecule has 6 N–H and O–H groups in total. The minimum atomic E-state index is -2.19. The number of alkyl halides is 1. The van der Waals surface area contributed by atoms with E-state index < -0.39 is 52.9 Å². The molecule has 33 heteroatoms. The number of hydrogen-bond donors (Lipinski definition) is 3. The molecule has 7 heterocycles. The first kappa shape index (κ1) is 80.0. The first-order valence-corrected chi connectivity index (χ1v) is 26.4. The fourth-order valence-electron chi connectivity index (χ4n) is 7.78. The van der Waals surface area contributed by atoms with Crippen molar-refractivity contribution < 1.29 is 124 Å². The molecule has 0 saturated carbocycles. The van der Waals surface area contributed by atoms with Gasteiger partial charge in [0.25, 0.3) is 0 Å². The van der Waals surface area contributed by atoms with E-state index in [1.807, 2.05) is 4.90 Å². The smallest absolute Gasteiger partial charge is 0.550 e.